The number of para-hydroxylation sites is 1. The molecule has 148 valence electrons. The molecule has 0 fully saturated rings. The second-order valence-electron chi connectivity index (χ2n) is 5.98. The van der Waals surface area contributed by atoms with Gasteiger partial charge in [0.1, 0.15) is 23.6 Å². The number of carbonyl (C=O) groups is 2. The van der Waals surface area contributed by atoms with Gasteiger partial charge in [0.25, 0.3) is 5.91 Å². The van der Waals surface area contributed by atoms with Crippen LogP contribution in [0.15, 0.2) is 60.9 Å². The summed E-state index contributed by atoms with van der Waals surface area (Å²) in [5.74, 6) is 0.359. The van der Waals surface area contributed by atoms with E-state index in [1.165, 1.54) is 19.5 Å². The number of benzene rings is 2. The lowest BCUT2D eigenvalue weighted by Gasteiger charge is -2.10. The summed E-state index contributed by atoms with van der Waals surface area (Å²) in [6.07, 6.45) is 1.31. The molecule has 3 aromatic rings. The third kappa shape index (κ3) is 5.07. The number of ether oxygens (including phenoxy) is 2. The van der Waals surface area contributed by atoms with Gasteiger partial charge in [-0.05, 0) is 24.3 Å². The molecular weight excluding hydrogens is 372 g/mol. The summed E-state index contributed by atoms with van der Waals surface area (Å²) in [5, 5.41) is 5.87. The Bertz CT molecular complexity index is 1020. The van der Waals surface area contributed by atoms with Crippen molar-refractivity contribution in [3.8, 4) is 5.75 Å². The van der Waals surface area contributed by atoms with Gasteiger partial charge in [-0.1, -0.05) is 24.3 Å². The number of esters is 1. The maximum absolute atomic E-state index is 12.5. The van der Waals surface area contributed by atoms with Crippen LogP contribution >= 0.6 is 0 Å². The van der Waals surface area contributed by atoms with Crippen molar-refractivity contribution in [2.45, 2.75) is 6.54 Å². The number of rotatable bonds is 7. The summed E-state index contributed by atoms with van der Waals surface area (Å²) < 4.78 is 10.0. The third-order valence-corrected chi connectivity index (χ3v) is 4.09. The Kier molecular flexibility index (Phi) is 6.36. The fraction of sp³-hybridized carbons (Fsp3) is 0.143. The lowest BCUT2D eigenvalue weighted by Crippen LogP contribution is -2.15. The molecular formula is C21H20N4O4. The van der Waals surface area contributed by atoms with Crippen LogP contribution in [0, 0.1) is 0 Å². The zero-order chi connectivity index (χ0) is 20.6. The molecule has 1 aromatic heterocycles. The molecule has 0 bridgehead atoms. The van der Waals surface area contributed by atoms with Gasteiger partial charge in [-0.2, -0.15) is 0 Å². The summed E-state index contributed by atoms with van der Waals surface area (Å²) in [7, 11) is 2.91. The molecule has 1 heterocycles. The van der Waals surface area contributed by atoms with E-state index < -0.39 is 11.9 Å². The highest BCUT2D eigenvalue weighted by atomic mass is 16.5. The number of nitrogens with one attached hydrogen (secondary N) is 2. The van der Waals surface area contributed by atoms with Crippen molar-refractivity contribution in [2.24, 2.45) is 0 Å². The molecule has 0 atom stereocenters. The van der Waals surface area contributed by atoms with E-state index in [2.05, 4.69) is 25.3 Å². The van der Waals surface area contributed by atoms with Crippen molar-refractivity contribution < 1.29 is 19.1 Å². The monoisotopic (exact) mass is 392 g/mol. The van der Waals surface area contributed by atoms with Crippen LogP contribution in [0.1, 0.15) is 26.4 Å². The first-order chi connectivity index (χ1) is 14.1. The van der Waals surface area contributed by atoms with Crippen molar-refractivity contribution >= 4 is 23.4 Å². The van der Waals surface area contributed by atoms with Crippen LogP contribution in [-0.2, 0) is 11.3 Å². The number of hydrogen-bond donors (Lipinski definition) is 2. The molecule has 0 saturated carbocycles. The highest BCUT2D eigenvalue weighted by molar-refractivity contribution is 6.03. The van der Waals surface area contributed by atoms with Gasteiger partial charge in [-0.15, -0.1) is 0 Å². The van der Waals surface area contributed by atoms with E-state index in [4.69, 9.17) is 4.74 Å². The van der Waals surface area contributed by atoms with E-state index >= 15 is 0 Å². The van der Waals surface area contributed by atoms with Crippen molar-refractivity contribution in [3.63, 3.8) is 0 Å². The number of methoxy groups -OCH3 is 2. The summed E-state index contributed by atoms with van der Waals surface area (Å²) >= 11 is 0. The van der Waals surface area contributed by atoms with Crippen molar-refractivity contribution in [1.82, 2.24) is 9.97 Å². The Morgan fingerprint density at radius 1 is 1.00 bits per heavy atom. The second-order valence-corrected chi connectivity index (χ2v) is 5.98. The van der Waals surface area contributed by atoms with Gasteiger partial charge in [0.05, 0.1) is 19.8 Å². The molecule has 0 aliphatic rings. The molecule has 2 N–H and O–H groups in total. The predicted molar refractivity (Wildman–Crippen MR) is 108 cm³/mol. The van der Waals surface area contributed by atoms with Gasteiger partial charge in [0, 0.05) is 23.9 Å². The lowest BCUT2D eigenvalue weighted by molar-refractivity contribution is 0.0600. The Morgan fingerprint density at radius 3 is 2.62 bits per heavy atom. The molecule has 0 radical (unpaired) electrons. The van der Waals surface area contributed by atoms with Crippen molar-refractivity contribution in [2.75, 3.05) is 24.9 Å². The zero-order valence-corrected chi connectivity index (χ0v) is 16.0. The van der Waals surface area contributed by atoms with Crippen molar-refractivity contribution in [3.05, 3.63) is 77.7 Å². The molecule has 8 heteroatoms. The first-order valence-corrected chi connectivity index (χ1v) is 8.78. The molecule has 2 aromatic carbocycles. The molecule has 0 aliphatic carbocycles. The minimum absolute atomic E-state index is 0.186. The number of amides is 1. The summed E-state index contributed by atoms with van der Waals surface area (Å²) in [4.78, 5) is 32.3. The van der Waals surface area contributed by atoms with Gasteiger partial charge >= 0.3 is 5.97 Å². The summed E-state index contributed by atoms with van der Waals surface area (Å²) in [6, 6.07) is 15.6. The van der Waals surface area contributed by atoms with E-state index in [1.54, 1.807) is 31.4 Å². The average molecular weight is 392 g/mol. The highest BCUT2D eigenvalue weighted by Crippen LogP contribution is 2.19. The van der Waals surface area contributed by atoms with Gasteiger partial charge < -0.3 is 20.1 Å². The molecule has 0 saturated heterocycles. The third-order valence-electron chi connectivity index (χ3n) is 4.09. The van der Waals surface area contributed by atoms with Crippen LogP contribution in [0.4, 0.5) is 11.5 Å². The molecule has 0 unspecified atom stereocenters. The lowest BCUT2D eigenvalue weighted by atomic mass is 10.2. The summed E-state index contributed by atoms with van der Waals surface area (Å²) in [6.45, 7) is 0.475. The number of hydrogen-bond acceptors (Lipinski definition) is 7. The maximum Gasteiger partial charge on any atom is 0.337 e. The first-order valence-electron chi connectivity index (χ1n) is 8.78. The normalized spacial score (nSPS) is 10.1. The number of nitrogens with zero attached hydrogens (tertiary/aromatic N) is 2. The molecule has 0 spiro atoms. The SMILES string of the molecule is COC(=O)c1cccc(NC(=O)c2cc(NCc3ccccc3OC)ncn2)c1. The van der Waals surface area contributed by atoms with Crippen LogP contribution in [0.2, 0.25) is 0 Å². The van der Waals surface area contributed by atoms with Crippen LogP contribution in [0.25, 0.3) is 0 Å². The zero-order valence-electron chi connectivity index (χ0n) is 16.0. The number of carbonyl (C=O) groups excluding carboxylic acids is 2. The van der Waals surface area contributed by atoms with Crippen LogP contribution < -0.4 is 15.4 Å². The summed E-state index contributed by atoms with van der Waals surface area (Å²) in [5.41, 5.74) is 1.94. The minimum Gasteiger partial charge on any atom is -0.496 e. The minimum atomic E-state index is -0.481. The molecule has 3 rings (SSSR count). The standard InChI is InChI=1S/C21H20N4O4/c1-28-18-9-4-3-6-15(18)12-22-19-11-17(23-13-24-19)20(26)25-16-8-5-7-14(10-16)21(27)29-2/h3-11,13H,12H2,1-2H3,(H,25,26)(H,22,23,24). The van der Waals surface area contributed by atoms with E-state index in [0.29, 0.717) is 23.6 Å². The van der Waals surface area contributed by atoms with Crippen LogP contribution in [0.3, 0.4) is 0 Å². The van der Waals surface area contributed by atoms with Gasteiger partial charge in [0.15, 0.2) is 0 Å². The first kappa shape index (κ1) is 19.8. The predicted octanol–water partition coefficient (Wildman–Crippen LogP) is 3.14. The van der Waals surface area contributed by atoms with Crippen LogP contribution in [-0.4, -0.2) is 36.1 Å². The van der Waals surface area contributed by atoms with Crippen molar-refractivity contribution in [1.29, 1.82) is 0 Å². The molecule has 1 amide bonds. The Balaban J connectivity index is 1.69. The van der Waals surface area contributed by atoms with Gasteiger partial charge in [0.2, 0.25) is 0 Å². The quantitative estimate of drug-likeness (QED) is 0.596. The second kappa shape index (κ2) is 9.32. The highest BCUT2D eigenvalue weighted by Gasteiger charge is 2.12. The number of anilines is 2. The Hall–Kier alpha value is -3.94. The van der Waals surface area contributed by atoms with E-state index in [-0.39, 0.29) is 5.69 Å². The molecule has 29 heavy (non-hydrogen) atoms. The Morgan fingerprint density at radius 2 is 1.83 bits per heavy atom. The fourth-order valence-electron chi connectivity index (χ4n) is 2.65. The average Bonchev–Trinajstić information content (AvgIpc) is 2.77. The molecule has 0 aliphatic heterocycles. The van der Waals surface area contributed by atoms with Gasteiger partial charge in [-0.25, -0.2) is 14.8 Å². The smallest absolute Gasteiger partial charge is 0.337 e. The topological polar surface area (TPSA) is 102 Å². The molecule has 8 nitrogen and oxygen atoms in total. The van der Waals surface area contributed by atoms with E-state index in [0.717, 1.165) is 11.3 Å². The number of aromatic nitrogens is 2. The Labute approximate surface area is 167 Å². The van der Waals surface area contributed by atoms with E-state index in [9.17, 15) is 9.59 Å². The maximum atomic E-state index is 12.5. The van der Waals surface area contributed by atoms with Gasteiger partial charge in [-0.3, -0.25) is 4.79 Å². The largest absolute Gasteiger partial charge is 0.496 e. The van der Waals surface area contributed by atoms with E-state index in [1.807, 2.05) is 24.3 Å². The fourth-order valence-corrected chi connectivity index (χ4v) is 2.65. The van der Waals surface area contributed by atoms with Crippen LogP contribution in [0.5, 0.6) is 5.75 Å².